The number of aromatic nitrogens is 2. The lowest BCUT2D eigenvalue weighted by molar-refractivity contribution is 1.12. The molecule has 0 radical (unpaired) electrons. The van der Waals surface area contributed by atoms with Crippen LogP contribution in [0.1, 0.15) is 5.69 Å². The van der Waals surface area contributed by atoms with E-state index in [4.69, 9.17) is 9.97 Å². The third-order valence-corrected chi connectivity index (χ3v) is 4.93. The van der Waals surface area contributed by atoms with Crippen LogP contribution in [-0.4, -0.2) is 9.97 Å². The summed E-state index contributed by atoms with van der Waals surface area (Å²) in [5, 5.41) is 4.86. The van der Waals surface area contributed by atoms with Crippen LogP contribution in [0.3, 0.4) is 0 Å². The molecule has 0 N–H and O–H groups in total. The van der Waals surface area contributed by atoms with Crippen molar-refractivity contribution >= 4 is 21.5 Å². The van der Waals surface area contributed by atoms with Gasteiger partial charge in [-0.25, -0.2) is 9.97 Å². The molecule has 128 valence electrons. The molecule has 4 aromatic carbocycles. The Balaban J connectivity index is 1.70. The van der Waals surface area contributed by atoms with Crippen molar-refractivity contribution in [1.82, 2.24) is 9.97 Å². The second kappa shape index (κ2) is 6.33. The summed E-state index contributed by atoms with van der Waals surface area (Å²) in [7, 11) is 0. The van der Waals surface area contributed by atoms with Crippen LogP contribution < -0.4 is 0 Å². The minimum Gasteiger partial charge on any atom is -0.233 e. The molecule has 1 heterocycles. The molecule has 27 heavy (non-hydrogen) atoms. The molecule has 0 saturated heterocycles. The quantitative estimate of drug-likeness (QED) is 0.368. The topological polar surface area (TPSA) is 25.8 Å². The number of fused-ring (bicyclic) bond motifs is 2. The van der Waals surface area contributed by atoms with Crippen molar-refractivity contribution in [3.8, 4) is 22.6 Å². The Hall–Kier alpha value is -3.52. The molecule has 0 amide bonds. The fourth-order valence-electron chi connectivity index (χ4n) is 3.61. The van der Waals surface area contributed by atoms with Crippen molar-refractivity contribution in [3.05, 3.63) is 96.7 Å². The average Bonchev–Trinajstić information content (AvgIpc) is 2.72. The monoisotopic (exact) mass is 346 g/mol. The maximum atomic E-state index is 4.92. The highest BCUT2D eigenvalue weighted by atomic mass is 14.9. The third kappa shape index (κ3) is 2.85. The first-order valence-electron chi connectivity index (χ1n) is 9.11. The Morgan fingerprint density at radius 3 is 2.22 bits per heavy atom. The molecule has 5 aromatic rings. The van der Waals surface area contributed by atoms with Gasteiger partial charge >= 0.3 is 0 Å². The Morgan fingerprint density at radius 2 is 1.33 bits per heavy atom. The van der Waals surface area contributed by atoms with E-state index in [0.717, 1.165) is 28.3 Å². The summed E-state index contributed by atoms with van der Waals surface area (Å²) in [4.78, 5) is 9.63. The van der Waals surface area contributed by atoms with Crippen LogP contribution in [0.25, 0.3) is 44.2 Å². The molecular formula is C25H18N2. The highest BCUT2D eigenvalue weighted by Crippen LogP contribution is 2.30. The maximum Gasteiger partial charge on any atom is 0.160 e. The van der Waals surface area contributed by atoms with Crippen LogP contribution >= 0.6 is 0 Å². The number of nitrogens with zero attached hydrogens (tertiary/aromatic N) is 2. The predicted molar refractivity (Wildman–Crippen MR) is 113 cm³/mol. The van der Waals surface area contributed by atoms with E-state index in [-0.39, 0.29) is 0 Å². The van der Waals surface area contributed by atoms with Gasteiger partial charge in [-0.3, -0.25) is 0 Å². The summed E-state index contributed by atoms with van der Waals surface area (Å²) >= 11 is 0. The maximum absolute atomic E-state index is 4.92. The van der Waals surface area contributed by atoms with Gasteiger partial charge in [0.1, 0.15) is 0 Å². The van der Waals surface area contributed by atoms with E-state index in [1.807, 2.05) is 6.92 Å². The van der Waals surface area contributed by atoms with Crippen LogP contribution in [0.4, 0.5) is 0 Å². The highest BCUT2D eigenvalue weighted by Gasteiger charge is 2.10. The molecule has 0 aliphatic heterocycles. The summed E-state index contributed by atoms with van der Waals surface area (Å²) in [6.45, 7) is 2.03. The van der Waals surface area contributed by atoms with Gasteiger partial charge in [0.15, 0.2) is 5.82 Å². The molecule has 0 saturated carbocycles. The van der Waals surface area contributed by atoms with Crippen LogP contribution in [0.15, 0.2) is 91.0 Å². The fraction of sp³-hybridized carbons (Fsp3) is 0.0400. The van der Waals surface area contributed by atoms with Crippen LogP contribution in [0.2, 0.25) is 0 Å². The van der Waals surface area contributed by atoms with Crippen molar-refractivity contribution in [2.45, 2.75) is 6.92 Å². The smallest absolute Gasteiger partial charge is 0.160 e. The zero-order chi connectivity index (χ0) is 18.2. The van der Waals surface area contributed by atoms with E-state index in [0.29, 0.717) is 0 Å². The molecule has 0 aliphatic carbocycles. The lowest BCUT2D eigenvalue weighted by atomic mass is 10.0. The second-order valence-electron chi connectivity index (χ2n) is 6.81. The van der Waals surface area contributed by atoms with Gasteiger partial charge in [-0.15, -0.1) is 0 Å². The Morgan fingerprint density at radius 1 is 0.593 bits per heavy atom. The first kappa shape index (κ1) is 15.7. The van der Waals surface area contributed by atoms with E-state index in [2.05, 4.69) is 91.0 Å². The minimum absolute atomic E-state index is 0.767. The van der Waals surface area contributed by atoms with Crippen molar-refractivity contribution in [2.24, 2.45) is 0 Å². The Labute approximate surface area is 158 Å². The molecule has 1 aromatic heterocycles. The molecule has 0 aliphatic rings. The predicted octanol–water partition coefficient (Wildman–Crippen LogP) is 6.43. The van der Waals surface area contributed by atoms with Crippen molar-refractivity contribution < 1.29 is 0 Å². The van der Waals surface area contributed by atoms with Crippen molar-refractivity contribution in [3.63, 3.8) is 0 Å². The number of aryl methyl sites for hydroxylation is 1. The average molecular weight is 346 g/mol. The molecule has 0 fully saturated rings. The fourth-order valence-corrected chi connectivity index (χ4v) is 3.61. The number of hydrogen-bond donors (Lipinski definition) is 0. The largest absolute Gasteiger partial charge is 0.233 e. The molecule has 5 rings (SSSR count). The van der Waals surface area contributed by atoms with Gasteiger partial charge in [-0.2, -0.15) is 0 Å². The molecular weight excluding hydrogens is 328 g/mol. The zero-order valence-corrected chi connectivity index (χ0v) is 15.1. The molecule has 0 spiro atoms. The van der Waals surface area contributed by atoms with Crippen molar-refractivity contribution in [1.29, 1.82) is 0 Å². The number of benzene rings is 4. The number of hydrogen-bond acceptors (Lipinski definition) is 2. The van der Waals surface area contributed by atoms with Gasteiger partial charge in [0.25, 0.3) is 0 Å². The summed E-state index contributed by atoms with van der Waals surface area (Å²) in [6, 6.07) is 31.6. The first-order valence-corrected chi connectivity index (χ1v) is 9.11. The molecule has 0 unspecified atom stereocenters. The van der Waals surface area contributed by atoms with E-state index in [1.54, 1.807) is 0 Å². The Bertz CT molecular complexity index is 1280. The van der Waals surface area contributed by atoms with Gasteiger partial charge in [-0.05, 0) is 40.6 Å². The van der Waals surface area contributed by atoms with Gasteiger partial charge in [0, 0.05) is 16.8 Å². The lowest BCUT2D eigenvalue weighted by Crippen LogP contribution is -1.95. The van der Waals surface area contributed by atoms with E-state index in [1.165, 1.54) is 21.5 Å². The van der Waals surface area contributed by atoms with Crippen molar-refractivity contribution in [2.75, 3.05) is 0 Å². The molecule has 0 bridgehead atoms. The van der Waals surface area contributed by atoms with Crippen LogP contribution in [0, 0.1) is 6.92 Å². The van der Waals surface area contributed by atoms with Gasteiger partial charge in [-0.1, -0.05) is 78.9 Å². The highest BCUT2D eigenvalue weighted by molar-refractivity contribution is 5.96. The molecule has 2 heteroatoms. The summed E-state index contributed by atoms with van der Waals surface area (Å²) < 4.78 is 0. The summed E-state index contributed by atoms with van der Waals surface area (Å²) in [5.74, 6) is 0.767. The molecule has 0 atom stereocenters. The zero-order valence-electron chi connectivity index (χ0n) is 15.1. The van der Waals surface area contributed by atoms with Crippen LogP contribution in [-0.2, 0) is 0 Å². The first-order chi connectivity index (χ1) is 13.3. The van der Waals surface area contributed by atoms with Crippen LogP contribution in [0.5, 0.6) is 0 Å². The van der Waals surface area contributed by atoms with E-state index >= 15 is 0 Å². The van der Waals surface area contributed by atoms with E-state index < -0.39 is 0 Å². The Kier molecular flexibility index (Phi) is 3.68. The van der Waals surface area contributed by atoms with E-state index in [9.17, 15) is 0 Å². The minimum atomic E-state index is 0.767. The lowest BCUT2D eigenvalue weighted by Gasteiger charge is -2.10. The third-order valence-electron chi connectivity index (χ3n) is 4.93. The summed E-state index contributed by atoms with van der Waals surface area (Å²) in [6.07, 6.45) is 0. The number of rotatable bonds is 2. The standard InChI is InChI=1S/C25H18N2/c1-17-15-24(23-12-6-10-19-8-4-5-11-22(19)23)27-25(26-17)21-14-13-18-7-2-3-9-20(18)16-21/h2-16H,1H3. The normalized spacial score (nSPS) is 11.1. The summed E-state index contributed by atoms with van der Waals surface area (Å²) in [5.41, 5.74) is 4.11. The van der Waals surface area contributed by atoms with Gasteiger partial charge < -0.3 is 0 Å². The van der Waals surface area contributed by atoms with Gasteiger partial charge in [0.2, 0.25) is 0 Å². The molecule has 2 nitrogen and oxygen atoms in total. The second-order valence-corrected chi connectivity index (χ2v) is 6.81. The SMILES string of the molecule is Cc1cc(-c2cccc3ccccc23)nc(-c2ccc3ccccc3c2)n1. The van der Waals surface area contributed by atoms with Gasteiger partial charge in [0.05, 0.1) is 5.69 Å².